The Balaban J connectivity index is 0.000000838. The summed E-state index contributed by atoms with van der Waals surface area (Å²) in [4.78, 5) is 26.1. The van der Waals surface area contributed by atoms with Crippen molar-refractivity contribution in [3.05, 3.63) is 78.1 Å². The zero-order valence-electron chi connectivity index (χ0n) is 25.0. The predicted molar refractivity (Wildman–Crippen MR) is 154 cm³/mol. The summed E-state index contributed by atoms with van der Waals surface area (Å²) >= 11 is 0. The fraction of sp³-hybridized carbons (Fsp3) is 0.310. The number of carbonyl (C=O) groups excluding carboxylic acids is 1. The van der Waals surface area contributed by atoms with Crippen LogP contribution in [0, 0.1) is 0 Å². The standard InChI is InChI=1S/C27H25F6N5O4.C2HF3O2/c1-40-11-12-41-13-14-42-25(26(28,29)30,27(31,32)33)18-5-8-19(9-6-18)37-24(39)21-3-2-10-34-23(21)36-20-7-4-17-16-35-38-22(17)15-20;3-2(4,5)1(6)7/h2-10,15-16H,11-14H2,1H3,(H,34,36)(H,35,38)(H,37,39);(H,6,7). The molecule has 0 fully saturated rings. The lowest BCUT2D eigenvalue weighted by Gasteiger charge is -2.37. The third kappa shape index (κ3) is 9.80. The van der Waals surface area contributed by atoms with Gasteiger partial charge in [0, 0.05) is 35.6 Å². The van der Waals surface area contributed by atoms with Crippen LogP contribution < -0.4 is 10.6 Å². The minimum Gasteiger partial charge on any atom is -0.475 e. The van der Waals surface area contributed by atoms with Crippen LogP contribution in [0.1, 0.15) is 15.9 Å². The minimum atomic E-state index is -5.86. The number of H-pyrrole nitrogens is 1. The Bertz CT molecular complexity index is 1680. The number of aromatic nitrogens is 3. The SMILES string of the molecule is COCCOCCOC(c1ccc(NC(=O)c2cccnc2Nc2ccc3cn[nH]c3c2)cc1)(C(F)(F)F)C(F)(F)F.O=C(O)C(F)(F)F. The van der Waals surface area contributed by atoms with Crippen molar-refractivity contribution in [1.29, 1.82) is 0 Å². The maximum Gasteiger partial charge on any atom is 0.490 e. The van der Waals surface area contributed by atoms with Gasteiger partial charge < -0.3 is 30.0 Å². The van der Waals surface area contributed by atoms with E-state index in [4.69, 9.17) is 19.4 Å². The largest absolute Gasteiger partial charge is 0.490 e. The van der Waals surface area contributed by atoms with Gasteiger partial charge in [-0.2, -0.15) is 44.6 Å². The molecule has 0 unspecified atom stereocenters. The molecule has 4 N–H and O–H groups in total. The number of hydrogen-bond donors (Lipinski definition) is 4. The summed E-state index contributed by atoms with van der Waals surface area (Å²) in [7, 11) is 1.36. The van der Waals surface area contributed by atoms with E-state index in [1.54, 1.807) is 24.4 Å². The number of carboxylic acids is 1. The van der Waals surface area contributed by atoms with Gasteiger partial charge in [0.1, 0.15) is 5.82 Å². The van der Waals surface area contributed by atoms with Gasteiger partial charge in [-0.05, 0) is 42.5 Å². The van der Waals surface area contributed by atoms with E-state index in [0.717, 1.165) is 23.0 Å². The van der Waals surface area contributed by atoms with Crippen molar-refractivity contribution in [3.8, 4) is 0 Å². The molecule has 1 amide bonds. The number of carboxylic acid groups (broad SMARTS) is 1. The molecule has 49 heavy (non-hydrogen) atoms. The Morgan fingerprint density at radius 1 is 0.857 bits per heavy atom. The molecule has 0 aliphatic carbocycles. The maximum absolute atomic E-state index is 14.0. The van der Waals surface area contributed by atoms with Crippen LogP contribution in [0.5, 0.6) is 0 Å². The number of pyridine rings is 1. The number of anilines is 3. The van der Waals surface area contributed by atoms with E-state index in [9.17, 15) is 44.3 Å². The molecule has 0 saturated heterocycles. The lowest BCUT2D eigenvalue weighted by atomic mass is 9.91. The fourth-order valence-electron chi connectivity index (χ4n) is 4.06. The van der Waals surface area contributed by atoms with Gasteiger partial charge in [-0.3, -0.25) is 9.89 Å². The summed E-state index contributed by atoms with van der Waals surface area (Å²) in [6.45, 7) is -1.45. The molecule has 2 aromatic carbocycles. The quantitative estimate of drug-likeness (QED) is 0.0945. The lowest BCUT2D eigenvalue weighted by molar-refractivity contribution is -0.390. The summed E-state index contributed by atoms with van der Waals surface area (Å²) in [6.07, 6.45) is -13.7. The van der Waals surface area contributed by atoms with Crippen LogP contribution >= 0.6 is 0 Å². The van der Waals surface area contributed by atoms with E-state index >= 15 is 0 Å². The second-order valence-corrected chi connectivity index (χ2v) is 9.66. The van der Waals surface area contributed by atoms with Gasteiger partial charge in [0.25, 0.3) is 11.5 Å². The normalized spacial score (nSPS) is 12.3. The van der Waals surface area contributed by atoms with E-state index < -0.39 is 54.8 Å². The Morgan fingerprint density at radius 3 is 2.06 bits per heavy atom. The molecule has 0 bridgehead atoms. The smallest absolute Gasteiger partial charge is 0.475 e. The molecule has 4 aromatic rings. The molecule has 0 saturated carbocycles. The number of carbonyl (C=O) groups is 2. The average Bonchev–Trinajstić information content (AvgIpc) is 3.48. The third-order valence-electron chi connectivity index (χ3n) is 6.33. The number of amides is 1. The highest BCUT2D eigenvalue weighted by Gasteiger charge is 2.73. The molecular weight excluding hydrogens is 685 g/mol. The van der Waals surface area contributed by atoms with Crippen molar-refractivity contribution in [2.24, 2.45) is 0 Å². The number of aromatic amines is 1. The first kappa shape index (κ1) is 38.5. The topological polar surface area (TPSA) is 148 Å². The van der Waals surface area contributed by atoms with Gasteiger partial charge >= 0.3 is 24.5 Å². The third-order valence-corrected chi connectivity index (χ3v) is 6.33. The molecule has 0 aliphatic heterocycles. The molecule has 2 heterocycles. The van der Waals surface area contributed by atoms with Gasteiger partial charge in [-0.1, -0.05) is 12.1 Å². The van der Waals surface area contributed by atoms with Crippen molar-refractivity contribution < 1.29 is 68.4 Å². The summed E-state index contributed by atoms with van der Waals surface area (Å²) in [5, 5.41) is 20.2. The van der Waals surface area contributed by atoms with Crippen LogP contribution in [0.15, 0.2) is 67.0 Å². The van der Waals surface area contributed by atoms with Crippen LogP contribution in [0.2, 0.25) is 0 Å². The van der Waals surface area contributed by atoms with Crippen molar-refractivity contribution >= 4 is 40.0 Å². The first-order chi connectivity index (χ1) is 22.9. The van der Waals surface area contributed by atoms with Gasteiger partial charge in [-0.15, -0.1) is 0 Å². The highest BCUT2D eigenvalue weighted by atomic mass is 19.4. The zero-order chi connectivity index (χ0) is 36.5. The first-order valence-electron chi connectivity index (χ1n) is 13.6. The summed E-state index contributed by atoms with van der Waals surface area (Å²) in [5.74, 6) is -3.30. The van der Waals surface area contributed by atoms with E-state index in [2.05, 4.69) is 30.6 Å². The number of benzene rings is 2. The molecule has 20 heteroatoms. The van der Waals surface area contributed by atoms with Gasteiger partial charge in [0.2, 0.25) is 0 Å². The molecule has 0 atom stereocenters. The minimum absolute atomic E-state index is 0.0348. The Labute approximate surface area is 270 Å². The van der Waals surface area contributed by atoms with Gasteiger partial charge in [0.05, 0.1) is 43.7 Å². The van der Waals surface area contributed by atoms with E-state index in [1.807, 2.05) is 0 Å². The number of rotatable bonds is 12. The number of aliphatic carboxylic acids is 1. The number of nitrogens with zero attached hydrogens (tertiary/aromatic N) is 2. The summed E-state index contributed by atoms with van der Waals surface area (Å²) in [6, 6.07) is 11.3. The number of hydrogen-bond acceptors (Lipinski definition) is 8. The van der Waals surface area contributed by atoms with Crippen molar-refractivity contribution in [3.63, 3.8) is 0 Å². The zero-order valence-corrected chi connectivity index (χ0v) is 25.0. The van der Waals surface area contributed by atoms with Crippen LogP contribution in [0.25, 0.3) is 10.9 Å². The fourth-order valence-corrected chi connectivity index (χ4v) is 4.06. The molecule has 266 valence electrons. The summed E-state index contributed by atoms with van der Waals surface area (Å²) in [5.41, 5.74) is -4.50. The molecule has 0 radical (unpaired) electrons. The second-order valence-electron chi connectivity index (χ2n) is 9.66. The van der Waals surface area contributed by atoms with Crippen molar-refractivity contribution in [1.82, 2.24) is 15.2 Å². The second kappa shape index (κ2) is 16.0. The van der Waals surface area contributed by atoms with Crippen molar-refractivity contribution in [2.45, 2.75) is 24.1 Å². The van der Waals surface area contributed by atoms with Crippen LogP contribution in [0.3, 0.4) is 0 Å². The van der Waals surface area contributed by atoms with Crippen molar-refractivity contribution in [2.75, 3.05) is 44.2 Å². The number of nitrogens with one attached hydrogen (secondary N) is 3. The molecule has 2 aromatic heterocycles. The summed E-state index contributed by atoms with van der Waals surface area (Å²) < 4.78 is 130. The highest BCUT2D eigenvalue weighted by Crippen LogP contribution is 2.53. The number of ether oxygens (including phenoxy) is 3. The highest BCUT2D eigenvalue weighted by molar-refractivity contribution is 6.07. The number of alkyl halides is 9. The molecular formula is C29H26F9N5O6. The maximum atomic E-state index is 14.0. The average molecular weight is 712 g/mol. The number of fused-ring (bicyclic) bond motifs is 1. The van der Waals surface area contributed by atoms with Gasteiger partial charge in [-0.25, -0.2) is 9.78 Å². The van der Waals surface area contributed by atoms with E-state index in [0.29, 0.717) is 17.8 Å². The van der Waals surface area contributed by atoms with Crippen LogP contribution in [-0.4, -0.2) is 84.2 Å². The van der Waals surface area contributed by atoms with E-state index in [1.165, 1.54) is 25.4 Å². The number of halogens is 9. The Morgan fingerprint density at radius 2 is 1.47 bits per heavy atom. The molecule has 0 aliphatic rings. The van der Waals surface area contributed by atoms with Crippen LogP contribution in [0.4, 0.5) is 56.7 Å². The van der Waals surface area contributed by atoms with Crippen LogP contribution in [-0.2, 0) is 24.6 Å². The number of methoxy groups -OCH3 is 1. The predicted octanol–water partition coefficient (Wildman–Crippen LogP) is 6.59. The Kier molecular flexibility index (Phi) is 12.5. The monoisotopic (exact) mass is 711 g/mol. The molecule has 0 spiro atoms. The van der Waals surface area contributed by atoms with E-state index in [-0.39, 0.29) is 30.3 Å². The van der Waals surface area contributed by atoms with Gasteiger partial charge in [0.15, 0.2) is 0 Å². The molecule has 4 rings (SSSR count). The molecule has 11 nitrogen and oxygen atoms in total. The lowest BCUT2D eigenvalue weighted by Crippen LogP contribution is -2.56. The first-order valence-corrected chi connectivity index (χ1v) is 13.6. The Hall–Kier alpha value is -4.95.